The van der Waals surface area contributed by atoms with E-state index in [0.717, 1.165) is 19.2 Å². The lowest BCUT2D eigenvalue weighted by atomic mass is 10.1. The summed E-state index contributed by atoms with van der Waals surface area (Å²) in [6.45, 7) is 2.21. The molecular weight excluding hydrogens is 619 g/mol. The summed E-state index contributed by atoms with van der Waals surface area (Å²) in [5.74, 6) is 0.599. The predicted octanol–water partition coefficient (Wildman–Crippen LogP) is 7.15. The molecule has 8 heteroatoms. The Labute approximate surface area is 219 Å². The van der Waals surface area contributed by atoms with Crippen molar-refractivity contribution < 1.29 is 14.3 Å². The van der Waals surface area contributed by atoms with Crippen LogP contribution in [0.3, 0.4) is 0 Å². The predicted molar refractivity (Wildman–Crippen MR) is 143 cm³/mol. The molecule has 5 nitrogen and oxygen atoms in total. The molecule has 1 amide bonds. The molecule has 0 aliphatic carbocycles. The molecule has 0 aliphatic rings. The number of methoxy groups -OCH3 is 1. The van der Waals surface area contributed by atoms with Crippen molar-refractivity contribution in [2.75, 3.05) is 12.4 Å². The molecule has 168 valence electrons. The van der Waals surface area contributed by atoms with Crippen LogP contribution in [-0.4, -0.2) is 13.0 Å². The fourth-order valence-electron chi connectivity index (χ4n) is 2.97. The minimum absolute atomic E-state index is 0.0364. The van der Waals surface area contributed by atoms with E-state index < -0.39 is 5.91 Å². The zero-order chi connectivity index (χ0) is 24.0. The Balaban J connectivity index is 1.82. The van der Waals surface area contributed by atoms with Gasteiger partial charge in [0, 0.05) is 15.2 Å². The summed E-state index contributed by atoms with van der Waals surface area (Å²) in [7, 11) is 1.55. The molecular formula is C25H19BrClIN2O3. The van der Waals surface area contributed by atoms with E-state index in [4.69, 9.17) is 21.1 Å². The number of rotatable bonds is 7. The van der Waals surface area contributed by atoms with Crippen LogP contribution in [0.25, 0.3) is 6.08 Å². The van der Waals surface area contributed by atoms with Gasteiger partial charge in [-0.1, -0.05) is 39.7 Å². The number of aryl methyl sites for hydroxylation is 1. The first-order valence-corrected chi connectivity index (χ1v) is 12.0. The Morgan fingerprint density at radius 3 is 2.58 bits per heavy atom. The summed E-state index contributed by atoms with van der Waals surface area (Å²) in [6, 6.07) is 18.5. The second-order valence-electron chi connectivity index (χ2n) is 7.03. The molecule has 0 fully saturated rings. The SMILES string of the molecule is COc1cc(/C=C(\C#N)C(=O)Nc2ccc(Cl)cc2C)cc(I)c1OCc1ccc(Br)cc1. The van der Waals surface area contributed by atoms with Crippen molar-refractivity contribution in [2.24, 2.45) is 0 Å². The first-order valence-electron chi connectivity index (χ1n) is 9.74. The standard InChI is InChI=1S/C25H19BrClIN2O3/c1-15-9-20(27)7-8-22(15)30-25(31)18(13-29)10-17-11-21(28)24(23(12-17)32-2)33-14-16-3-5-19(26)6-4-16/h3-12H,14H2,1-2H3,(H,30,31)/b18-10+. The number of nitrogens with one attached hydrogen (secondary N) is 1. The zero-order valence-electron chi connectivity index (χ0n) is 17.8. The van der Waals surface area contributed by atoms with Gasteiger partial charge in [0.25, 0.3) is 5.91 Å². The summed E-state index contributed by atoms with van der Waals surface area (Å²) in [6.07, 6.45) is 1.52. The van der Waals surface area contributed by atoms with Crippen LogP contribution in [0.4, 0.5) is 5.69 Å². The molecule has 0 unspecified atom stereocenters. The smallest absolute Gasteiger partial charge is 0.266 e. The average molecular weight is 638 g/mol. The zero-order valence-corrected chi connectivity index (χ0v) is 22.3. The van der Waals surface area contributed by atoms with Gasteiger partial charge in [-0.05, 0) is 94.7 Å². The highest BCUT2D eigenvalue weighted by atomic mass is 127. The Morgan fingerprint density at radius 2 is 1.94 bits per heavy atom. The van der Waals surface area contributed by atoms with Crippen molar-refractivity contribution in [1.82, 2.24) is 0 Å². The van der Waals surface area contributed by atoms with Gasteiger partial charge in [-0.3, -0.25) is 4.79 Å². The third-order valence-corrected chi connectivity index (χ3v) is 6.23. The molecule has 0 bridgehead atoms. The topological polar surface area (TPSA) is 71.3 Å². The maximum absolute atomic E-state index is 12.7. The summed E-state index contributed by atoms with van der Waals surface area (Å²) < 4.78 is 13.3. The van der Waals surface area contributed by atoms with Gasteiger partial charge in [0.05, 0.1) is 10.7 Å². The van der Waals surface area contributed by atoms with Gasteiger partial charge in [0.1, 0.15) is 18.2 Å². The molecule has 0 heterocycles. The summed E-state index contributed by atoms with van der Waals surface area (Å²) in [4.78, 5) is 12.7. The molecule has 3 rings (SSSR count). The Bertz CT molecular complexity index is 1250. The van der Waals surface area contributed by atoms with Gasteiger partial charge in [-0.15, -0.1) is 0 Å². The Kier molecular flexibility index (Phi) is 8.78. The number of amides is 1. The van der Waals surface area contributed by atoms with Gasteiger partial charge in [0.2, 0.25) is 0 Å². The summed E-state index contributed by atoms with van der Waals surface area (Å²) >= 11 is 11.5. The number of nitriles is 1. The van der Waals surface area contributed by atoms with E-state index in [-0.39, 0.29) is 5.57 Å². The fourth-order valence-corrected chi connectivity index (χ4v) is 4.24. The molecule has 0 aromatic heterocycles. The van der Waals surface area contributed by atoms with Crippen LogP contribution in [0.5, 0.6) is 11.5 Å². The maximum Gasteiger partial charge on any atom is 0.266 e. The largest absolute Gasteiger partial charge is 0.493 e. The van der Waals surface area contributed by atoms with Crippen LogP contribution in [0.2, 0.25) is 5.02 Å². The highest BCUT2D eigenvalue weighted by Crippen LogP contribution is 2.35. The number of hydrogen-bond acceptors (Lipinski definition) is 4. The van der Waals surface area contributed by atoms with E-state index in [0.29, 0.717) is 34.4 Å². The van der Waals surface area contributed by atoms with Crippen LogP contribution in [0.1, 0.15) is 16.7 Å². The van der Waals surface area contributed by atoms with E-state index >= 15 is 0 Å². The Morgan fingerprint density at radius 1 is 1.21 bits per heavy atom. The molecule has 0 spiro atoms. The van der Waals surface area contributed by atoms with E-state index in [2.05, 4.69) is 43.8 Å². The van der Waals surface area contributed by atoms with Crippen LogP contribution < -0.4 is 14.8 Å². The number of carbonyl (C=O) groups is 1. The second kappa shape index (κ2) is 11.5. The van der Waals surface area contributed by atoms with Crippen molar-refractivity contribution in [3.05, 3.63) is 89.9 Å². The van der Waals surface area contributed by atoms with Gasteiger partial charge in [-0.25, -0.2) is 0 Å². The third kappa shape index (κ3) is 6.73. The van der Waals surface area contributed by atoms with E-state index in [1.165, 1.54) is 6.08 Å². The highest BCUT2D eigenvalue weighted by Gasteiger charge is 2.15. The van der Waals surface area contributed by atoms with Gasteiger partial charge in [0.15, 0.2) is 11.5 Å². The molecule has 0 radical (unpaired) electrons. The number of benzene rings is 3. The maximum atomic E-state index is 12.7. The van der Waals surface area contributed by atoms with Crippen LogP contribution >= 0.6 is 50.1 Å². The fraction of sp³-hybridized carbons (Fsp3) is 0.120. The minimum atomic E-state index is -0.507. The third-order valence-electron chi connectivity index (χ3n) is 4.66. The van der Waals surface area contributed by atoms with Crippen molar-refractivity contribution in [2.45, 2.75) is 13.5 Å². The van der Waals surface area contributed by atoms with Crippen LogP contribution in [-0.2, 0) is 11.4 Å². The van der Waals surface area contributed by atoms with Crippen molar-refractivity contribution in [3.63, 3.8) is 0 Å². The average Bonchev–Trinajstić information content (AvgIpc) is 2.79. The first kappa shape index (κ1) is 25.1. The normalized spacial score (nSPS) is 11.0. The highest BCUT2D eigenvalue weighted by molar-refractivity contribution is 14.1. The molecule has 1 N–H and O–H groups in total. The van der Waals surface area contributed by atoms with Crippen molar-refractivity contribution in [1.29, 1.82) is 5.26 Å². The summed E-state index contributed by atoms with van der Waals surface area (Å²) in [5, 5.41) is 12.9. The molecule has 33 heavy (non-hydrogen) atoms. The number of nitrogens with zero attached hydrogens (tertiary/aromatic N) is 1. The number of anilines is 1. The number of hydrogen-bond donors (Lipinski definition) is 1. The van der Waals surface area contributed by atoms with Gasteiger partial charge >= 0.3 is 0 Å². The van der Waals surface area contributed by atoms with E-state index in [9.17, 15) is 10.1 Å². The molecule has 0 aliphatic heterocycles. The van der Waals surface area contributed by atoms with Gasteiger partial charge < -0.3 is 14.8 Å². The minimum Gasteiger partial charge on any atom is -0.493 e. The van der Waals surface area contributed by atoms with E-state index in [1.54, 1.807) is 31.4 Å². The number of ether oxygens (including phenoxy) is 2. The quantitative estimate of drug-likeness (QED) is 0.170. The molecule has 0 atom stereocenters. The van der Waals surface area contributed by atoms with Crippen LogP contribution in [0.15, 0.2) is 64.6 Å². The number of halogens is 3. The lowest BCUT2D eigenvalue weighted by molar-refractivity contribution is -0.112. The first-order chi connectivity index (χ1) is 15.8. The van der Waals surface area contributed by atoms with E-state index in [1.807, 2.05) is 43.3 Å². The lowest BCUT2D eigenvalue weighted by Crippen LogP contribution is -2.14. The van der Waals surface area contributed by atoms with Crippen molar-refractivity contribution in [3.8, 4) is 17.6 Å². The monoisotopic (exact) mass is 636 g/mol. The molecule has 3 aromatic carbocycles. The Hall–Kier alpha value is -2.54. The van der Waals surface area contributed by atoms with Crippen LogP contribution in [0, 0.1) is 21.8 Å². The molecule has 3 aromatic rings. The number of carbonyl (C=O) groups excluding carboxylic acids is 1. The second-order valence-corrected chi connectivity index (χ2v) is 9.55. The van der Waals surface area contributed by atoms with Gasteiger partial charge in [-0.2, -0.15) is 5.26 Å². The molecule has 0 saturated carbocycles. The lowest BCUT2D eigenvalue weighted by Gasteiger charge is -2.14. The summed E-state index contributed by atoms with van der Waals surface area (Å²) in [5.41, 5.74) is 3.02. The van der Waals surface area contributed by atoms with Crippen molar-refractivity contribution >= 4 is 67.8 Å². The molecule has 0 saturated heterocycles.